The molecule has 1 N–H and O–H groups in total. The molecule has 6 nitrogen and oxygen atoms in total. The highest BCUT2D eigenvalue weighted by Gasteiger charge is 2.32. The molecule has 34 heavy (non-hydrogen) atoms. The number of benzene rings is 2. The van der Waals surface area contributed by atoms with Gasteiger partial charge in [-0.15, -0.1) is 0 Å². The van der Waals surface area contributed by atoms with Crippen molar-refractivity contribution in [3.63, 3.8) is 0 Å². The van der Waals surface area contributed by atoms with E-state index in [0.717, 1.165) is 6.42 Å². The third-order valence-corrected chi connectivity index (χ3v) is 8.60. The molecule has 1 aliphatic rings. The van der Waals surface area contributed by atoms with E-state index in [1.54, 1.807) is 0 Å². The Morgan fingerprint density at radius 1 is 1.09 bits per heavy atom. The van der Waals surface area contributed by atoms with E-state index in [2.05, 4.69) is 52.1 Å². The van der Waals surface area contributed by atoms with E-state index in [1.165, 1.54) is 50.8 Å². The number of nitrogens with one attached hydrogen (secondary N) is 1. The van der Waals surface area contributed by atoms with Gasteiger partial charge in [0.05, 0.1) is 16.5 Å². The van der Waals surface area contributed by atoms with Crippen molar-refractivity contribution in [2.75, 3.05) is 19.6 Å². The van der Waals surface area contributed by atoms with E-state index >= 15 is 0 Å². The third kappa shape index (κ3) is 5.86. The summed E-state index contributed by atoms with van der Waals surface area (Å²) in [5.74, 6) is -0.185. The van der Waals surface area contributed by atoms with E-state index in [4.69, 9.17) is 5.26 Å². The predicted molar refractivity (Wildman–Crippen MR) is 134 cm³/mol. The van der Waals surface area contributed by atoms with Gasteiger partial charge in [-0.1, -0.05) is 32.9 Å². The Morgan fingerprint density at radius 3 is 2.15 bits per heavy atom. The van der Waals surface area contributed by atoms with Crippen molar-refractivity contribution >= 4 is 15.9 Å². The van der Waals surface area contributed by atoms with Gasteiger partial charge >= 0.3 is 0 Å². The van der Waals surface area contributed by atoms with Crippen molar-refractivity contribution in [3.05, 3.63) is 64.2 Å². The smallest absolute Gasteiger partial charge is 0.243 e. The largest absolute Gasteiger partial charge is 0.356 e. The first-order valence-electron chi connectivity index (χ1n) is 11.8. The van der Waals surface area contributed by atoms with Gasteiger partial charge in [0.2, 0.25) is 15.9 Å². The number of hydrogen-bond donors (Lipinski definition) is 1. The number of rotatable bonds is 6. The molecule has 182 valence electrons. The number of hydrogen-bond acceptors (Lipinski definition) is 4. The quantitative estimate of drug-likeness (QED) is 0.668. The topological polar surface area (TPSA) is 90.3 Å². The maximum absolute atomic E-state index is 12.9. The van der Waals surface area contributed by atoms with Crippen LogP contribution in [0, 0.1) is 31.1 Å². The van der Waals surface area contributed by atoms with Crippen molar-refractivity contribution in [3.8, 4) is 6.07 Å². The maximum atomic E-state index is 12.9. The molecule has 3 rings (SSSR count). The second-order valence-corrected chi connectivity index (χ2v) is 12.1. The molecular formula is C27H35N3O3S. The normalized spacial score (nSPS) is 15.6. The lowest BCUT2D eigenvalue weighted by Crippen LogP contribution is -2.43. The molecule has 0 aliphatic carbocycles. The molecular weight excluding hydrogens is 446 g/mol. The lowest BCUT2D eigenvalue weighted by Gasteiger charge is -2.30. The molecule has 0 radical (unpaired) electrons. The fourth-order valence-corrected chi connectivity index (χ4v) is 5.95. The lowest BCUT2D eigenvalue weighted by molar-refractivity contribution is -0.126. The number of piperidine rings is 1. The fraction of sp³-hybridized carbons (Fsp3) is 0.481. The molecule has 0 atom stereocenters. The summed E-state index contributed by atoms with van der Waals surface area (Å²) in [7, 11) is -3.62. The summed E-state index contributed by atoms with van der Waals surface area (Å²) in [4.78, 5) is 12.9. The number of amides is 1. The van der Waals surface area contributed by atoms with Crippen molar-refractivity contribution in [1.82, 2.24) is 9.62 Å². The molecule has 1 heterocycles. The number of carbonyl (C=O) groups excluding carboxylic acids is 1. The Bertz CT molecular complexity index is 1160. The minimum Gasteiger partial charge on any atom is -0.356 e. The van der Waals surface area contributed by atoms with Crippen LogP contribution in [-0.2, 0) is 26.7 Å². The van der Waals surface area contributed by atoms with Crippen LogP contribution in [0.25, 0.3) is 0 Å². The molecule has 1 fully saturated rings. The Balaban J connectivity index is 1.53. The van der Waals surface area contributed by atoms with Gasteiger partial charge in [-0.2, -0.15) is 9.57 Å². The highest BCUT2D eigenvalue weighted by atomic mass is 32.2. The van der Waals surface area contributed by atoms with Crippen molar-refractivity contribution in [2.24, 2.45) is 5.92 Å². The van der Waals surface area contributed by atoms with Crippen LogP contribution in [0.4, 0.5) is 0 Å². The van der Waals surface area contributed by atoms with Crippen LogP contribution in [-0.4, -0.2) is 38.3 Å². The van der Waals surface area contributed by atoms with Crippen LogP contribution >= 0.6 is 0 Å². The summed E-state index contributed by atoms with van der Waals surface area (Å²) in [6, 6.07) is 12.4. The molecule has 0 unspecified atom stereocenters. The summed E-state index contributed by atoms with van der Waals surface area (Å²) in [6.45, 7) is 12.1. The number of nitriles is 1. The summed E-state index contributed by atoms with van der Waals surface area (Å²) in [5.41, 5.74) is 5.62. The lowest BCUT2D eigenvalue weighted by atomic mass is 9.83. The first-order valence-corrected chi connectivity index (χ1v) is 13.3. The molecule has 0 spiro atoms. The fourth-order valence-electron chi connectivity index (χ4n) is 4.48. The number of carbonyl (C=O) groups is 1. The second kappa shape index (κ2) is 10.3. The van der Waals surface area contributed by atoms with Gasteiger partial charge in [0.15, 0.2) is 0 Å². The van der Waals surface area contributed by atoms with Crippen LogP contribution in [0.15, 0.2) is 41.3 Å². The number of sulfonamides is 1. The van der Waals surface area contributed by atoms with Gasteiger partial charge in [-0.05, 0) is 85.0 Å². The Morgan fingerprint density at radius 2 is 1.65 bits per heavy atom. The molecule has 0 bridgehead atoms. The molecule has 1 aliphatic heterocycles. The Hall–Kier alpha value is -2.69. The van der Waals surface area contributed by atoms with E-state index in [9.17, 15) is 13.2 Å². The monoisotopic (exact) mass is 481 g/mol. The van der Waals surface area contributed by atoms with Crippen molar-refractivity contribution < 1.29 is 13.2 Å². The molecule has 2 aromatic carbocycles. The van der Waals surface area contributed by atoms with E-state index in [-0.39, 0.29) is 22.1 Å². The molecule has 2 aromatic rings. The number of aryl methyl sites for hydroxylation is 2. The van der Waals surface area contributed by atoms with Crippen LogP contribution in [0.5, 0.6) is 0 Å². The zero-order chi connectivity index (χ0) is 25.1. The highest BCUT2D eigenvalue weighted by Crippen LogP contribution is 2.27. The van der Waals surface area contributed by atoms with Gasteiger partial charge in [0.25, 0.3) is 0 Å². The molecule has 7 heteroatoms. The van der Waals surface area contributed by atoms with E-state index < -0.39 is 10.0 Å². The Kier molecular flexibility index (Phi) is 7.84. The maximum Gasteiger partial charge on any atom is 0.243 e. The zero-order valence-corrected chi connectivity index (χ0v) is 21.6. The van der Waals surface area contributed by atoms with Crippen LogP contribution in [0.1, 0.15) is 61.4 Å². The summed E-state index contributed by atoms with van der Waals surface area (Å²) >= 11 is 0. The molecule has 0 aromatic heterocycles. The summed E-state index contributed by atoms with van der Waals surface area (Å²) in [6.07, 6.45) is 1.78. The van der Waals surface area contributed by atoms with Gasteiger partial charge in [0, 0.05) is 25.6 Å². The highest BCUT2D eigenvalue weighted by molar-refractivity contribution is 7.89. The van der Waals surface area contributed by atoms with Crippen molar-refractivity contribution in [2.45, 2.75) is 64.2 Å². The van der Waals surface area contributed by atoms with Crippen molar-refractivity contribution in [1.29, 1.82) is 5.26 Å². The minimum atomic E-state index is -3.62. The first-order chi connectivity index (χ1) is 15.9. The minimum absolute atomic E-state index is 0.00274. The van der Waals surface area contributed by atoms with Crippen LogP contribution in [0.3, 0.4) is 0 Å². The number of nitrogens with zero attached hydrogens (tertiary/aromatic N) is 2. The summed E-state index contributed by atoms with van der Waals surface area (Å²) in [5, 5.41) is 12.0. The molecule has 0 saturated carbocycles. The average Bonchev–Trinajstić information content (AvgIpc) is 2.80. The third-order valence-electron chi connectivity index (χ3n) is 6.68. The molecule has 1 amide bonds. The second-order valence-electron chi connectivity index (χ2n) is 10.2. The Labute approximate surface area is 204 Å². The average molecular weight is 482 g/mol. The van der Waals surface area contributed by atoms with E-state index in [1.807, 2.05) is 6.07 Å². The zero-order valence-electron chi connectivity index (χ0n) is 20.8. The van der Waals surface area contributed by atoms with Gasteiger partial charge in [-0.3, -0.25) is 4.79 Å². The first kappa shape index (κ1) is 25.9. The molecule has 1 saturated heterocycles. The van der Waals surface area contributed by atoms with E-state index in [0.29, 0.717) is 38.0 Å². The summed E-state index contributed by atoms with van der Waals surface area (Å²) < 4.78 is 27.2. The van der Waals surface area contributed by atoms with Gasteiger partial charge < -0.3 is 5.32 Å². The van der Waals surface area contributed by atoms with Crippen LogP contribution < -0.4 is 5.32 Å². The predicted octanol–water partition coefficient (Wildman–Crippen LogP) is 4.23. The van der Waals surface area contributed by atoms with Gasteiger partial charge in [-0.25, -0.2) is 8.42 Å². The van der Waals surface area contributed by atoms with Crippen LogP contribution in [0.2, 0.25) is 0 Å². The standard InChI is InChI=1S/C27H35N3O3S/c1-19-16-23(27(3,4)5)17-20(2)25(19)10-13-29-26(31)22-11-14-30(15-12-22)34(32,33)24-8-6-21(18-28)7-9-24/h6-9,16-17,22H,10-15H2,1-5H3,(H,29,31). The SMILES string of the molecule is Cc1cc(C(C)(C)C)cc(C)c1CCNC(=O)C1CCN(S(=O)(=O)c2ccc(C#N)cc2)CC1. The van der Waals surface area contributed by atoms with Gasteiger partial charge in [0.1, 0.15) is 0 Å².